The van der Waals surface area contributed by atoms with Gasteiger partial charge in [0, 0.05) is 22.7 Å². The van der Waals surface area contributed by atoms with Crippen LogP contribution in [-0.4, -0.2) is 16.4 Å². The molecule has 3 nitrogen and oxygen atoms in total. The summed E-state index contributed by atoms with van der Waals surface area (Å²) in [5.74, 6) is 0.446. The lowest BCUT2D eigenvalue weighted by Crippen LogP contribution is -2.29. The van der Waals surface area contributed by atoms with Gasteiger partial charge in [0.05, 0.1) is 11.8 Å². The predicted molar refractivity (Wildman–Crippen MR) is 101 cm³/mol. The van der Waals surface area contributed by atoms with E-state index in [4.69, 9.17) is 4.98 Å². The number of aromatic nitrogens is 1. The van der Waals surface area contributed by atoms with Gasteiger partial charge in [-0.3, -0.25) is 9.78 Å². The molecule has 24 heavy (non-hydrogen) atoms. The highest BCUT2D eigenvalue weighted by Crippen LogP contribution is 2.44. The van der Waals surface area contributed by atoms with Crippen LogP contribution in [0.5, 0.6) is 0 Å². The van der Waals surface area contributed by atoms with Gasteiger partial charge in [-0.05, 0) is 43.6 Å². The van der Waals surface area contributed by atoms with Gasteiger partial charge in [0.15, 0.2) is 6.29 Å². The van der Waals surface area contributed by atoms with Crippen LogP contribution in [0.3, 0.4) is 0 Å². The summed E-state index contributed by atoms with van der Waals surface area (Å²) in [4.78, 5) is 16.3. The zero-order chi connectivity index (χ0) is 18.5. The number of hydrogen-bond acceptors (Lipinski definition) is 3. The third kappa shape index (κ3) is 4.05. The van der Waals surface area contributed by atoms with Gasteiger partial charge in [-0.15, -0.1) is 0 Å². The Morgan fingerprint density at radius 3 is 2.21 bits per heavy atom. The average Bonchev–Trinajstić information content (AvgIpc) is 2.48. The van der Waals surface area contributed by atoms with Gasteiger partial charge < -0.3 is 5.11 Å². The lowest BCUT2D eigenvalue weighted by Gasteiger charge is -2.37. The number of rotatable bonds is 2. The molecule has 0 amide bonds. The van der Waals surface area contributed by atoms with E-state index in [1.807, 2.05) is 34.6 Å². The molecule has 1 aromatic heterocycles. The van der Waals surface area contributed by atoms with Gasteiger partial charge in [0.1, 0.15) is 0 Å². The molecule has 2 aliphatic rings. The van der Waals surface area contributed by atoms with E-state index in [1.54, 1.807) is 0 Å². The van der Waals surface area contributed by atoms with Crippen LogP contribution < -0.4 is 0 Å². The number of aliphatic hydroxyl groups is 1. The van der Waals surface area contributed by atoms with Gasteiger partial charge in [-0.25, -0.2) is 0 Å². The van der Waals surface area contributed by atoms with Crippen molar-refractivity contribution < 1.29 is 9.90 Å². The lowest BCUT2D eigenvalue weighted by atomic mass is 9.72. The minimum absolute atomic E-state index is 0.0748. The number of carbonyl (C=O) groups is 1. The Morgan fingerprint density at radius 1 is 1.17 bits per heavy atom. The van der Waals surface area contributed by atoms with Crippen LogP contribution in [0.4, 0.5) is 0 Å². The molecule has 3 rings (SSSR count). The standard InChI is InChI=1S/C17H23NO2.2C2H6/c1-10-12(9-19)16(11-5-4-6-11)18-13-7-17(2,3)8-14(20)15(10)13;2*1-2/h9,11,14,20H,4-8H2,1-3H3;2*1-2H3. The Balaban J connectivity index is 0.000000671. The number of pyridine rings is 1. The molecule has 0 saturated heterocycles. The molecule has 136 valence electrons. The summed E-state index contributed by atoms with van der Waals surface area (Å²) in [6.07, 6.45) is 5.58. The fourth-order valence-corrected chi connectivity index (χ4v) is 3.69. The second kappa shape index (κ2) is 8.75. The maximum absolute atomic E-state index is 11.5. The van der Waals surface area contributed by atoms with Crippen LogP contribution >= 0.6 is 0 Å². The van der Waals surface area contributed by atoms with Crippen LogP contribution in [0.2, 0.25) is 0 Å². The van der Waals surface area contributed by atoms with Crippen LogP contribution in [0.15, 0.2) is 0 Å². The van der Waals surface area contributed by atoms with E-state index in [0.29, 0.717) is 5.92 Å². The molecule has 3 heteroatoms. The first kappa shape index (κ1) is 20.8. The van der Waals surface area contributed by atoms with E-state index in [1.165, 1.54) is 6.42 Å². The first-order valence-electron chi connectivity index (χ1n) is 9.59. The normalized spacial score (nSPS) is 21.2. The number of fused-ring (bicyclic) bond motifs is 1. The molecule has 1 N–H and O–H groups in total. The Hall–Kier alpha value is -1.22. The molecule has 0 bridgehead atoms. The molecule has 1 fully saturated rings. The van der Waals surface area contributed by atoms with Crippen molar-refractivity contribution in [3.8, 4) is 0 Å². The average molecular weight is 334 g/mol. The quantitative estimate of drug-likeness (QED) is 0.724. The SMILES string of the molecule is CC.CC.Cc1c(C=O)c(C2CCC2)nc2c1C(O)CC(C)(C)C2. The first-order chi connectivity index (χ1) is 11.4. The highest BCUT2D eigenvalue weighted by Gasteiger charge is 2.36. The Kier molecular flexibility index (Phi) is 7.59. The van der Waals surface area contributed by atoms with Crippen LogP contribution in [-0.2, 0) is 6.42 Å². The molecule has 1 aromatic rings. The minimum Gasteiger partial charge on any atom is -0.388 e. The van der Waals surface area contributed by atoms with Gasteiger partial charge in [-0.1, -0.05) is 48.0 Å². The Bertz CT molecular complexity index is 559. The van der Waals surface area contributed by atoms with Gasteiger partial charge in [0.25, 0.3) is 0 Å². The van der Waals surface area contributed by atoms with Crippen LogP contribution in [0.25, 0.3) is 0 Å². The highest BCUT2D eigenvalue weighted by atomic mass is 16.3. The lowest BCUT2D eigenvalue weighted by molar-refractivity contribution is 0.0970. The molecule has 0 spiro atoms. The van der Waals surface area contributed by atoms with Gasteiger partial charge >= 0.3 is 0 Å². The van der Waals surface area contributed by atoms with E-state index in [0.717, 1.165) is 60.0 Å². The zero-order valence-electron chi connectivity index (χ0n) is 16.6. The molecule has 2 aliphatic carbocycles. The molecule has 0 radical (unpaired) electrons. The van der Waals surface area contributed by atoms with Crippen molar-refractivity contribution in [1.29, 1.82) is 0 Å². The smallest absolute Gasteiger partial charge is 0.152 e. The molecule has 1 heterocycles. The first-order valence-corrected chi connectivity index (χ1v) is 9.59. The fourth-order valence-electron chi connectivity index (χ4n) is 3.69. The number of aliphatic hydroxyl groups excluding tert-OH is 1. The summed E-state index contributed by atoms with van der Waals surface area (Å²) in [5, 5.41) is 10.4. The summed E-state index contributed by atoms with van der Waals surface area (Å²) in [5.41, 5.74) is 4.66. The number of nitrogens with zero attached hydrogens (tertiary/aromatic N) is 1. The van der Waals surface area contributed by atoms with Gasteiger partial charge in [0.2, 0.25) is 0 Å². The number of aldehydes is 1. The highest BCUT2D eigenvalue weighted by molar-refractivity contribution is 5.80. The summed E-state index contributed by atoms with van der Waals surface area (Å²) < 4.78 is 0. The molecule has 1 atom stereocenters. The Labute approximate surface area is 147 Å². The Morgan fingerprint density at radius 2 is 1.75 bits per heavy atom. The maximum atomic E-state index is 11.5. The van der Waals surface area contributed by atoms with Crippen LogP contribution in [0, 0.1) is 12.3 Å². The van der Waals surface area contributed by atoms with E-state index >= 15 is 0 Å². The van der Waals surface area contributed by atoms with Crippen molar-refractivity contribution in [2.45, 2.75) is 92.6 Å². The summed E-state index contributed by atoms with van der Waals surface area (Å²) >= 11 is 0. The molecule has 1 unspecified atom stereocenters. The third-order valence-corrected chi connectivity index (χ3v) is 4.99. The predicted octanol–water partition coefficient (Wildman–Crippen LogP) is 5.53. The second-order valence-electron chi connectivity index (χ2n) is 7.20. The molecule has 0 aliphatic heterocycles. The maximum Gasteiger partial charge on any atom is 0.152 e. The topological polar surface area (TPSA) is 50.2 Å². The van der Waals surface area contributed by atoms with Crippen LogP contribution in [0.1, 0.15) is 112 Å². The van der Waals surface area contributed by atoms with E-state index in [9.17, 15) is 9.90 Å². The molecular weight excluding hydrogens is 298 g/mol. The van der Waals surface area contributed by atoms with E-state index in [-0.39, 0.29) is 5.41 Å². The third-order valence-electron chi connectivity index (χ3n) is 4.99. The van der Waals surface area contributed by atoms with E-state index < -0.39 is 6.10 Å². The van der Waals surface area contributed by atoms with Crippen molar-refractivity contribution in [1.82, 2.24) is 4.98 Å². The zero-order valence-corrected chi connectivity index (χ0v) is 16.6. The van der Waals surface area contributed by atoms with Crippen molar-refractivity contribution in [2.75, 3.05) is 0 Å². The largest absolute Gasteiger partial charge is 0.388 e. The number of carbonyl (C=O) groups excluding carboxylic acids is 1. The van der Waals surface area contributed by atoms with Crippen molar-refractivity contribution >= 4 is 6.29 Å². The summed E-state index contributed by atoms with van der Waals surface area (Å²) in [6.45, 7) is 14.3. The van der Waals surface area contributed by atoms with Gasteiger partial charge in [-0.2, -0.15) is 0 Å². The monoisotopic (exact) mass is 333 g/mol. The summed E-state index contributed by atoms with van der Waals surface area (Å²) in [6, 6.07) is 0. The number of hydrogen-bond donors (Lipinski definition) is 1. The van der Waals surface area contributed by atoms with E-state index in [2.05, 4.69) is 13.8 Å². The molecule has 1 saturated carbocycles. The molecule has 0 aromatic carbocycles. The van der Waals surface area contributed by atoms with Crippen molar-refractivity contribution in [3.05, 3.63) is 28.1 Å². The van der Waals surface area contributed by atoms with Crippen molar-refractivity contribution in [3.63, 3.8) is 0 Å². The fraction of sp³-hybridized carbons (Fsp3) is 0.714. The molecular formula is C21H35NO2. The summed E-state index contributed by atoms with van der Waals surface area (Å²) in [7, 11) is 0. The van der Waals surface area contributed by atoms with Crippen molar-refractivity contribution in [2.24, 2.45) is 5.41 Å². The minimum atomic E-state index is -0.490. The second-order valence-corrected chi connectivity index (χ2v) is 7.20.